The van der Waals surface area contributed by atoms with Crippen molar-refractivity contribution in [2.75, 3.05) is 19.6 Å². The van der Waals surface area contributed by atoms with Gasteiger partial charge in [0.05, 0.1) is 0 Å². The number of hydrogen-bond donors (Lipinski definition) is 2. The summed E-state index contributed by atoms with van der Waals surface area (Å²) in [5, 5.41) is 5.60. The SMILES string of the molecule is CC1CCCN(C(=O)NCCC(=O)NC(C)C)C1. The smallest absolute Gasteiger partial charge is 0.317 e. The van der Waals surface area contributed by atoms with E-state index in [1.54, 1.807) is 0 Å². The Morgan fingerprint density at radius 3 is 2.72 bits per heavy atom. The molecule has 104 valence electrons. The lowest BCUT2D eigenvalue weighted by Gasteiger charge is -2.30. The van der Waals surface area contributed by atoms with Crippen LogP contribution in [0.1, 0.15) is 40.0 Å². The summed E-state index contributed by atoms with van der Waals surface area (Å²) in [7, 11) is 0. The molecular formula is C13H25N3O2. The van der Waals surface area contributed by atoms with Gasteiger partial charge in [-0.15, -0.1) is 0 Å². The van der Waals surface area contributed by atoms with Gasteiger partial charge in [0.25, 0.3) is 0 Å². The molecule has 1 unspecified atom stereocenters. The van der Waals surface area contributed by atoms with Gasteiger partial charge in [-0.05, 0) is 32.6 Å². The quantitative estimate of drug-likeness (QED) is 0.796. The van der Waals surface area contributed by atoms with Crippen LogP contribution in [-0.4, -0.2) is 42.5 Å². The van der Waals surface area contributed by atoms with E-state index in [0.717, 1.165) is 19.5 Å². The molecule has 0 spiro atoms. The number of carbonyl (C=O) groups excluding carboxylic acids is 2. The minimum absolute atomic E-state index is 0.0164. The molecule has 3 amide bonds. The molecule has 0 saturated carbocycles. The van der Waals surface area contributed by atoms with Gasteiger partial charge < -0.3 is 15.5 Å². The van der Waals surface area contributed by atoms with E-state index in [9.17, 15) is 9.59 Å². The Labute approximate surface area is 109 Å². The number of hydrogen-bond acceptors (Lipinski definition) is 2. The Balaban J connectivity index is 2.18. The topological polar surface area (TPSA) is 61.4 Å². The molecule has 0 aromatic heterocycles. The van der Waals surface area contributed by atoms with Crippen LogP contribution in [0.5, 0.6) is 0 Å². The number of carbonyl (C=O) groups is 2. The van der Waals surface area contributed by atoms with Crippen molar-refractivity contribution in [3.8, 4) is 0 Å². The second-order valence-electron chi connectivity index (χ2n) is 5.40. The summed E-state index contributed by atoms with van der Waals surface area (Å²) in [6.07, 6.45) is 2.61. The van der Waals surface area contributed by atoms with Gasteiger partial charge in [0.1, 0.15) is 0 Å². The molecule has 0 radical (unpaired) electrons. The van der Waals surface area contributed by atoms with Gasteiger partial charge in [-0.3, -0.25) is 4.79 Å². The minimum Gasteiger partial charge on any atom is -0.354 e. The first kappa shape index (κ1) is 14.8. The van der Waals surface area contributed by atoms with Gasteiger partial charge >= 0.3 is 6.03 Å². The van der Waals surface area contributed by atoms with Crippen LogP contribution in [0.3, 0.4) is 0 Å². The van der Waals surface area contributed by atoms with Crippen LogP contribution < -0.4 is 10.6 Å². The third-order valence-corrected chi connectivity index (χ3v) is 3.02. The molecule has 0 aromatic rings. The summed E-state index contributed by atoms with van der Waals surface area (Å²) in [5.74, 6) is 0.561. The van der Waals surface area contributed by atoms with Crippen LogP contribution in [0.25, 0.3) is 0 Å². The molecule has 18 heavy (non-hydrogen) atoms. The first-order valence-electron chi connectivity index (χ1n) is 6.81. The van der Waals surface area contributed by atoms with Crippen LogP contribution >= 0.6 is 0 Å². The summed E-state index contributed by atoms with van der Waals surface area (Å²) < 4.78 is 0. The highest BCUT2D eigenvalue weighted by molar-refractivity contribution is 5.78. The molecule has 1 atom stereocenters. The molecule has 0 aliphatic carbocycles. The van der Waals surface area contributed by atoms with Crippen LogP contribution in [-0.2, 0) is 4.79 Å². The highest BCUT2D eigenvalue weighted by Gasteiger charge is 2.20. The van der Waals surface area contributed by atoms with Gasteiger partial charge in [0.15, 0.2) is 0 Å². The lowest BCUT2D eigenvalue weighted by molar-refractivity contribution is -0.121. The zero-order chi connectivity index (χ0) is 13.5. The average Bonchev–Trinajstić information content (AvgIpc) is 2.27. The first-order valence-corrected chi connectivity index (χ1v) is 6.81. The summed E-state index contributed by atoms with van der Waals surface area (Å²) in [5.41, 5.74) is 0. The van der Waals surface area contributed by atoms with Gasteiger partial charge in [-0.1, -0.05) is 6.92 Å². The largest absolute Gasteiger partial charge is 0.354 e. The van der Waals surface area contributed by atoms with Gasteiger partial charge in [0, 0.05) is 32.1 Å². The number of piperidine rings is 1. The van der Waals surface area contributed by atoms with Crippen molar-refractivity contribution < 1.29 is 9.59 Å². The Morgan fingerprint density at radius 2 is 2.11 bits per heavy atom. The molecule has 2 N–H and O–H groups in total. The summed E-state index contributed by atoms with van der Waals surface area (Å²) in [6.45, 7) is 8.06. The van der Waals surface area contributed by atoms with E-state index in [-0.39, 0.29) is 18.0 Å². The highest BCUT2D eigenvalue weighted by Crippen LogP contribution is 2.15. The van der Waals surface area contributed by atoms with Gasteiger partial charge in [0.2, 0.25) is 5.91 Å². The van der Waals surface area contributed by atoms with Crippen molar-refractivity contribution in [3.05, 3.63) is 0 Å². The predicted octanol–water partition coefficient (Wildman–Crippen LogP) is 1.34. The molecule has 1 saturated heterocycles. The van der Waals surface area contributed by atoms with Crippen molar-refractivity contribution in [2.45, 2.75) is 46.1 Å². The number of rotatable bonds is 4. The zero-order valence-electron chi connectivity index (χ0n) is 11.7. The van der Waals surface area contributed by atoms with E-state index >= 15 is 0 Å². The Hall–Kier alpha value is -1.26. The van der Waals surface area contributed by atoms with E-state index in [0.29, 0.717) is 18.9 Å². The molecule has 1 fully saturated rings. The summed E-state index contributed by atoms with van der Waals surface area (Å²) in [4.78, 5) is 25.1. The first-order chi connectivity index (χ1) is 8.49. The molecule has 1 heterocycles. The third-order valence-electron chi connectivity index (χ3n) is 3.02. The van der Waals surface area contributed by atoms with E-state index in [1.165, 1.54) is 6.42 Å². The van der Waals surface area contributed by atoms with Crippen molar-refractivity contribution in [1.82, 2.24) is 15.5 Å². The number of nitrogens with one attached hydrogen (secondary N) is 2. The fourth-order valence-corrected chi connectivity index (χ4v) is 2.16. The van der Waals surface area contributed by atoms with Crippen LogP contribution in [0, 0.1) is 5.92 Å². The number of urea groups is 1. The zero-order valence-corrected chi connectivity index (χ0v) is 11.7. The third kappa shape index (κ3) is 5.38. The van der Waals surface area contributed by atoms with Gasteiger partial charge in [-0.2, -0.15) is 0 Å². The predicted molar refractivity (Wildman–Crippen MR) is 71.3 cm³/mol. The maximum atomic E-state index is 11.8. The molecular weight excluding hydrogens is 230 g/mol. The Kier molecular flexibility index (Phi) is 5.95. The molecule has 5 nitrogen and oxygen atoms in total. The van der Waals surface area contributed by atoms with Crippen LogP contribution in [0.4, 0.5) is 4.79 Å². The fraction of sp³-hybridized carbons (Fsp3) is 0.846. The van der Waals surface area contributed by atoms with E-state index in [4.69, 9.17) is 0 Å². The molecule has 1 aliphatic heterocycles. The maximum absolute atomic E-state index is 11.8. The maximum Gasteiger partial charge on any atom is 0.317 e. The Morgan fingerprint density at radius 1 is 1.39 bits per heavy atom. The molecule has 0 aromatic carbocycles. The van der Waals surface area contributed by atoms with Crippen LogP contribution in [0.2, 0.25) is 0 Å². The second kappa shape index (κ2) is 7.24. The van der Waals surface area contributed by atoms with E-state index in [1.807, 2.05) is 18.7 Å². The second-order valence-corrected chi connectivity index (χ2v) is 5.40. The summed E-state index contributed by atoms with van der Waals surface area (Å²) >= 11 is 0. The number of likely N-dealkylation sites (tertiary alicyclic amines) is 1. The molecule has 0 bridgehead atoms. The lowest BCUT2D eigenvalue weighted by Crippen LogP contribution is -2.46. The number of amides is 3. The van der Waals surface area contributed by atoms with Crippen molar-refractivity contribution in [2.24, 2.45) is 5.92 Å². The normalized spacial score (nSPS) is 19.8. The summed E-state index contributed by atoms with van der Waals surface area (Å²) in [6, 6.07) is 0.107. The van der Waals surface area contributed by atoms with E-state index < -0.39 is 0 Å². The Bertz CT molecular complexity index is 292. The van der Waals surface area contributed by atoms with E-state index in [2.05, 4.69) is 17.6 Å². The van der Waals surface area contributed by atoms with Crippen molar-refractivity contribution in [1.29, 1.82) is 0 Å². The molecule has 5 heteroatoms. The molecule has 1 rings (SSSR count). The fourth-order valence-electron chi connectivity index (χ4n) is 2.16. The van der Waals surface area contributed by atoms with Gasteiger partial charge in [-0.25, -0.2) is 4.79 Å². The monoisotopic (exact) mass is 255 g/mol. The highest BCUT2D eigenvalue weighted by atomic mass is 16.2. The minimum atomic E-state index is -0.0427. The molecule has 1 aliphatic rings. The lowest BCUT2D eigenvalue weighted by atomic mass is 10.0. The standard InChI is InChI=1S/C13H25N3O2/c1-10(2)15-12(17)6-7-14-13(18)16-8-4-5-11(3)9-16/h10-11H,4-9H2,1-3H3,(H,14,18)(H,15,17). The number of nitrogens with zero attached hydrogens (tertiary/aromatic N) is 1. The van der Waals surface area contributed by atoms with Crippen molar-refractivity contribution in [3.63, 3.8) is 0 Å². The van der Waals surface area contributed by atoms with Crippen molar-refractivity contribution >= 4 is 11.9 Å². The van der Waals surface area contributed by atoms with Crippen LogP contribution in [0.15, 0.2) is 0 Å². The average molecular weight is 255 g/mol.